The molecular formula is C25H26FN5. The third-order valence-electron chi connectivity index (χ3n) is 5.96. The van der Waals surface area contributed by atoms with Crippen LogP contribution in [0.1, 0.15) is 5.56 Å². The van der Waals surface area contributed by atoms with Gasteiger partial charge in [0.1, 0.15) is 5.82 Å². The van der Waals surface area contributed by atoms with Gasteiger partial charge in [-0.25, -0.2) is 9.07 Å². The van der Waals surface area contributed by atoms with Crippen LogP contribution in [0.25, 0.3) is 22.6 Å². The van der Waals surface area contributed by atoms with Crippen molar-refractivity contribution in [2.75, 3.05) is 33.2 Å². The minimum Gasteiger partial charge on any atom is -0.324 e. The molecule has 0 atom stereocenters. The van der Waals surface area contributed by atoms with Crippen LogP contribution in [0.3, 0.4) is 0 Å². The number of halogens is 1. The lowest BCUT2D eigenvalue weighted by Crippen LogP contribution is -2.43. The molecule has 2 aromatic carbocycles. The summed E-state index contributed by atoms with van der Waals surface area (Å²) >= 11 is 0. The number of piperazine rings is 1. The first kappa shape index (κ1) is 19.7. The Labute approximate surface area is 181 Å². The molecule has 6 heteroatoms. The molecule has 0 amide bonds. The van der Waals surface area contributed by atoms with Crippen molar-refractivity contribution >= 4 is 0 Å². The fourth-order valence-corrected chi connectivity index (χ4v) is 4.15. The quantitative estimate of drug-likeness (QED) is 0.489. The van der Waals surface area contributed by atoms with Crippen molar-refractivity contribution in [3.05, 3.63) is 90.6 Å². The Morgan fingerprint density at radius 2 is 1.52 bits per heavy atom. The van der Waals surface area contributed by atoms with E-state index in [-0.39, 0.29) is 5.82 Å². The Morgan fingerprint density at radius 3 is 2.23 bits per heavy atom. The van der Waals surface area contributed by atoms with Crippen LogP contribution in [0.5, 0.6) is 0 Å². The van der Waals surface area contributed by atoms with Crippen molar-refractivity contribution in [2.24, 2.45) is 0 Å². The van der Waals surface area contributed by atoms with Gasteiger partial charge >= 0.3 is 0 Å². The third kappa shape index (κ3) is 4.04. The molecule has 5 rings (SSSR count). The molecule has 4 aromatic rings. The molecule has 0 radical (unpaired) electrons. The summed E-state index contributed by atoms with van der Waals surface area (Å²) in [6.45, 7) is 4.86. The number of hydrogen-bond acceptors (Lipinski definition) is 3. The topological polar surface area (TPSA) is 29.2 Å². The molecule has 0 unspecified atom stereocenters. The summed E-state index contributed by atoms with van der Waals surface area (Å²) in [7, 11) is 2.15. The zero-order valence-electron chi connectivity index (χ0n) is 17.7. The first-order valence-electron chi connectivity index (χ1n) is 10.7. The predicted octanol–water partition coefficient (Wildman–Crippen LogP) is 4.22. The maximum atomic E-state index is 14.8. The first-order chi connectivity index (χ1) is 15.2. The Balaban J connectivity index is 1.53. The van der Waals surface area contributed by atoms with Crippen molar-refractivity contribution in [1.82, 2.24) is 24.1 Å². The number of likely N-dealkylation sites (N-methyl/N-ethyl adjacent to an activating group) is 1. The summed E-state index contributed by atoms with van der Waals surface area (Å²) in [5.41, 5.74) is 4.44. The van der Waals surface area contributed by atoms with Crippen molar-refractivity contribution in [1.29, 1.82) is 0 Å². The second-order valence-electron chi connectivity index (χ2n) is 8.10. The summed E-state index contributed by atoms with van der Waals surface area (Å²) in [6.07, 6.45) is 5.92. The van der Waals surface area contributed by atoms with E-state index >= 15 is 0 Å². The molecule has 158 valence electrons. The van der Waals surface area contributed by atoms with Crippen molar-refractivity contribution in [3.8, 4) is 22.6 Å². The average Bonchev–Trinajstić information content (AvgIpc) is 3.47. The maximum Gasteiger partial charge on any atom is 0.132 e. The Hall–Kier alpha value is -3.22. The highest BCUT2D eigenvalue weighted by Gasteiger charge is 2.21. The van der Waals surface area contributed by atoms with E-state index < -0.39 is 0 Å². The third-order valence-corrected chi connectivity index (χ3v) is 5.96. The molecular weight excluding hydrogens is 389 g/mol. The van der Waals surface area contributed by atoms with Gasteiger partial charge in [-0.1, -0.05) is 12.1 Å². The van der Waals surface area contributed by atoms with Crippen LogP contribution in [0.2, 0.25) is 0 Å². The molecule has 0 N–H and O–H groups in total. The average molecular weight is 416 g/mol. The Kier molecular flexibility index (Phi) is 5.40. The zero-order valence-corrected chi connectivity index (χ0v) is 17.7. The first-order valence-corrected chi connectivity index (χ1v) is 10.7. The highest BCUT2D eigenvalue weighted by atomic mass is 19.1. The molecule has 0 saturated carbocycles. The molecule has 1 fully saturated rings. The van der Waals surface area contributed by atoms with Gasteiger partial charge in [0, 0.05) is 61.9 Å². The van der Waals surface area contributed by atoms with E-state index in [2.05, 4.69) is 38.6 Å². The van der Waals surface area contributed by atoms with Crippen LogP contribution in [0, 0.1) is 5.82 Å². The van der Waals surface area contributed by atoms with Crippen LogP contribution in [-0.2, 0) is 6.54 Å². The molecule has 0 bridgehead atoms. The lowest BCUT2D eigenvalue weighted by molar-refractivity contribution is 0.148. The number of aromatic nitrogens is 3. The van der Waals surface area contributed by atoms with Gasteiger partial charge in [-0.05, 0) is 55.6 Å². The minimum absolute atomic E-state index is 0.229. The van der Waals surface area contributed by atoms with E-state index in [1.807, 2.05) is 59.7 Å². The summed E-state index contributed by atoms with van der Waals surface area (Å²) in [4.78, 5) is 4.75. The van der Waals surface area contributed by atoms with Crippen molar-refractivity contribution < 1.29 is 4.39 Å². The lowest BCUT2D eigenvalue weighted by atomic mass is 10.1. The van der Waals surface area contributed by atoms with E-state index in [0.29, 0.717) is 5.56 Å². The van der Waals surface area contributed by atoms with E-state index in [0.717, 1.165) is 55.4 Å². The molecule has 1 aliphatic rings. The van der Waals surface area contributed by atoms with Gasteiger partial charge in [-0.2, -0.15) is 5.10 Å². The number of benzene rings is 2. The molecule has 3 heterocycles. The molecule has 0 spiro atoms. The number of hydrogen-bond donors (Lipinski definition) is 0. The van der Waals surface area contributed by atoms with Gasteiger partial charge in [0.2, 0.25) is 0 Å². The van der Waals surface area contributed by atoms with E-state index in [4.69, 9.17) is 0 Å². The van der Waals surface area contributed by atoms with Gasteiger partial charge in [0.25, 0.3) is 0 Å². The normalized spacial score (nSPS) is 15.4. The van der Waals surface area contributed by atoms with Gasteiger partial charge < -0.3 is 9.47 Å². The fourth-order valence-electron chi connectivity index (χ4n) is 4.15. The van der Waals surface area contributed by atoms with Gasteiger partial charge in [-0.3, -0.25) is 4.90 Å². The summed E-state index contributed by atoms with van der Waals surface area (Å²) < 4.78 is 18.8. The standard InChI is InChI=1S/C25H26FN5/c1-28-14-16-29(17-15-28)19-20-18-27-31(25(20)23-6-2-3-7-24(23)26)22-10-8-21(9-11-22)30-12-4-5-13-30/h2-13,18H,14-17,19H2,1H3. The Morgan fingerprint density at radius 1 is 0.839 bits per heavy atom. The predicted molar refractivity (Wildman–Crippen MR) is 121 cm³/mol. The smallest absolute Gasteiger partial charge is 0.132 e. The van der Waals surface area contributed by atoms with Crippen LogP contribution >= 0.6 is 0 Å². The van der Waals surface area contributed by atoms with Gasteiger partial charge in [-0.15, -0.1) is 0 Å². The molecule has 0 aliphatic carbocycles. The maximum absolute atomic E-state index is 14.8. The van der Waals surface area contributed by atoms with E-state index in [1.165, 1.54) is 6.07 Å². The van der Waals surface area contributed by atoms with Gasteiger partial charge in [0.15, 0.2) is 0 Å². The van der Waals surface area contributed by atoms with Crippen LogP contribution in [0.15, 0.2) is 79.3 Å². The van der Waals surface area contributed by atoms with Crippen LogP contribution in [0.4, 0.5) is 4.39 Å². The second kappa shape index (κ2) is 8.49. The fraction of sp³-hybridized carbons (Fsp3) is 0.240. The summed E-state index contributed by atoms with van der Waals surface area (Å²) in [5.74, 6) is -0.229. The summed E-state index contributed by atoms with van der Waals surface area (Å²) in [5, 5.41) is 4.68. The molecule has 1 saturated heterocycles. The molecule has 2 aromatic heterocycles. The zero-order chi connectivity index (χ0) is 21.2. The molecule has 1 aliphatic heterocycles. The van der Waals surface area contributed by atoms with E-state index in [9.17, 15) is 4.39 Å². The van der Waals surface area contributed by atoms with Crippen LogP contribution in [-0.4, -0.2) is 57.4 Å². The molecule has 5 nitrogen and oxygen atoms in total. The van der Waals surface area contributed by atoms with Crippen LogP contribution < -0.4 is 0 Å². The minimum atomic E-state index is -0.229. The monoisotopic (exact) mass is 415 g/mol. The van der Waals surface area contributed by atoms with Crippen molar-refractivity contribution in [2.45, 2.75) is 6.54 Å². The largest absolute Gasteiger partial charge is 0.324 e. The molecule has 31 heavy (non-hydrogen) atoms. The van der Waals surface area contributed by atoms with Gasteiger partial charge in [0.05, 0.1) is 17.6 Å². The van der Waals surface area contributed by atoms with Crippen molar-refractivity contribution in [3.63, 3.8) is 0 Å². The Bertz CT molecular complexity index is 1140. The van der Waals surface area contributed by atoms with E-state index in [1.54, 1.807) is 6.07 Å². The highest BCUT2D eigenvalue weighted by Crippen LogP contribution is 2.30. The summed E-state index contributed by atoms with van der Waals surface area (Å²) in [6, 6.07) is 19.1. The SMILES string of the molecule is CN1CCN(Cc2cnn(-c3ccc(-n4cccc4)cc3)c2-c2ccccc2F)CC1. The number of rotatable bonds is 5. The number of nitrogens with zero attached hydrogens (tertiary/aromatic N) is 5. The second-order valence-corrected chi connectivity index (χ2v) is 8.10. The lowest BCUT2D eigenvalue weighted by Gasteiger charge is -2.32. The highest BCUT2D eigenvalue weighted by molar-refractivity contribution is 5.66.